The van der Waals surface area contributed by atoms with Crippen LogP contribution in [-0.2, 0) is 13.0 Å². The van der Waals surface area contributed by atoms with E-state index in [4.69, 9.17) is 14.5 Å². The molecule has 172 valence electrons. The zero-order valence-electron chi connectivity index (χ0n) is 20.2. The lowest BCUT2D eigenvalue weighted by molar-refractivity contribution is 0.537. The van der Waals surface area contributed by atoms with E-state index in [0.717, 1.165) is 51.2 Å². The highest BCUT2D eigenvalue weighted by Crippen LogP contribution is 2.27. The zero-order chi connectivity index (χ0) is 24.0. The fraction of sp³-hybridized carbons (Fsp3) is 0.250. The summed E-state index contributed by atoms with van der Waals surface area (Å²) in [5.74, 6) is 1.26. The van der Waals surface area contributed by atoms with Gasteiger partial charge < -0.3 is 4.42 Å². The van der Waals surface area contributed by atoms with Crippen molar-refractivity contribution in [2.45, 2.75) is 47.6 Å². The molecule has 0 amide bonds. The highest BCUT2D eigenvalue weighted by molar-refractivity contribution is 5.83. The fourth-order valence-corrected chi connectivity index (χ4v) is 4.50. The highest BCUT2D eigenvalue weighted by atomic mass is 16.4. The van der Waals surface area contributed by atoms with Crippen molar-refractivity contribution < 1.29 is 4.42 Å². The summed E-state index contributed by atoms with van der Waals surface area (Å²) >= 11 is 0. The first-order valence-electron chi connectivity index (χ1n) is 11.6. The van der Waals surface area contributed by atoms with Crippen molar-refractivity contribution in [3.8, 4) is 17.1 Å². The van der Waals surface area contributed by atoms with E-state index in [9.17, 15) is 4.79 Å². The van der Waals surface area contributed by atoms with Gasteiger partial charge in [-0.25, -0.2) is 9.67 Å². The molecule has 0 fully saturated rings. The number of hydrogen-bond donors (Lipinski definition) is 0. The molecule has 0 aliphatic rings. The number of oxazole rings is 1. The van der Waals surface area contributed by atoms with Crippen LogP contribution in [0.1, 0.15) is 40.8 Å². The zero-order valence-corrected chi connectivity index (χ0v) is 20.2. The SMILES string of the molecule is CCc1ccc(-n2nc(C)c3c(C)cc(=O)n(Cc4nc(-c5cccc(C)c5)oc4C)c32)cc1. The third kappa shape index (κ3) is 3.75. The Bertz CT molecular complexity index is 1570. The number of fused-ring (bicyclic) bond motifs is 1. The molecule has 3 heterocycles. The minimum absolute atomic E-state index is 0.0872. The number of aryl methyl sites for hydroxylation is 5. The van der Waals surface area contributed by atoms with Crippen LogP contribution < -0.4 is 5.56 Å². The Morgan fingerprint density at radius 1 is 0.971 bits per heavy atom. The topological polar surface area (TPSA) is 65.8 Å². The van der Waals surface area contributed by atoms with Crippen molar-refractivity contribution in [2.24, 2.45) is 0 Å². The molecule has 2 aromatic carbocycles. The van der Waals surface area contributed by atoms with Gasteiger partial charge in [-0.05, 0) is 69.5 Å². The van der Waals surface area contributed by atoms with Crippen molar-refractivity contribution in [1.82, 2.24) is 19.3 Å². The van der Waals surface area contributed by atoms with E-state index < -0.39 is 0 Å². The summed E-state index contributed by atoms with van der Waals surface area (Å²) in [7, 11) is 0. The van der Waals surface area contributed by atoms with Gasteiger partial charge in [0.05, 0.1) is 17.9 Å². The Labute approximate surface area is 198 Å². The van der Waals surface area contributed by atoms with Gasteiger partial charge in [-0.3, -0.25) is 9.36 Å². The predicted octanol–water partition coefficient (Wildman–Crippen LogP) is 5.69. The second kappa shape index (κ2) is 8.45. The summed E-state index contributed by atoms with van der Waals surface area (Å²) in [5.41, 5.74) is 7.46. The van der Waals surface area contributed by atoms with E-state index >= 15 is 0 Å². The van der Waals surface area contributed by atoms with Gasteiger partial charge in [0.1, 0.15) is 17.1 Å². The molecule has 0 bridgehead atoms. The standard InChI is InChI=1S/C28H28N4O2/c1-6-21-10-12-23(13-11-21)32-28-26(19(4)30-32)18(3)15-25(33)31(28)16-24-20(5)34-27(29-24)22-9-7-8-17(2)14-22/h7-15H,6,16H2,1-5H3. The molecule has 0 spiro atoms. The van der Waals surface area contributed by atoms with Gasteiger partial charge in [0.25, 0.3) is 5.56 Å². The molecular weight excluding hydrogens is 424 g/mol. The number of rotatable bonds is 5. The van der Waals surface area contributed by atoms with Crippen LogP contribution in [0.2, 0.25) is 0 Å². The maximum Gasteiger partial charge on any atom is 0.252 e. The summed E-state index contributed by atoms with van der Waals surface area (Å²) in [6.07, 6.45) is 0.970. The van der Waals surface area contributed by atoms with E-state index in [0.29, 0.717) is 18.2 Å². The summed E-state index contributed by atoms with van der Waals surface area (Å²) in [6, 6.07) is 18.1. The third-order valence-corrected chi connectivity index (χ3v) is 6.35. The molecule has 0 saturated heterocycles. The second-order valence-electron chi connectivity index (χ2n) is 8.86. The van der Waals surface area contributed by atoms with Crippen LogP contribution >= 0.6 is 0 Å². The van der Waals surface area contributed by atoms with E-state index in [1.807, 2.05) is 56.6 Å². The van der Waals surface area contributed by atoms with Crippen molar-refractivity contribution in [3.63, 3.8) is 0 Å². The molecule has 0 unspecified atom stereocenters. The monoisotopic (exact) mass is 452 g/mol. The molecule has 5 aromatic rings. The van der Waals surface area contributed by atoms with Crippen LogP contribution in [0.4, 0.5) is 0 Å². The van der Waals surface area contributed by atoms with Gasteiger partial charge in [-0.2, -0.15) is 5.10 Å². The summed E-state index contributed by atoms with van der Waals surface area (Å²) in [4.78, 5) is 18.0. The number of pyridine rings is 1. The smallest absolute Gasteiger partial charge is 0.252 e. The highest BCUT2D eigenvalue weighted by Gasteiger charge is 2.20. The number of benzene rings is 2. The molecule has 6 nitrogen and oxygen atoms in total. The number of aromatic nitrogens is 4. The van der Waals surface area contributed by atoms with Gasteiger partial charge in [-0.15, -0.1) is 0 Å². The molecule has 6 heteroatoms. The molecular formula is C28H28N4O2. The first-order chi connectivity index (χ1) is 16.4. The Morgan fingerprint density at radius 3 is 2.44 bits per heavy atom. The van der Waals surface area contributed by atoms with Crippen molar-refractivity contribution in [3.05, 3.63) is 98.8 Å². The van der Waals surface area contributed by atoms with Crippen molar-refractivity contribution in [1.29, 1.82) is 0 Å². The molecule has 0 radical (unpaired) electrons. The minimum atomic E-state index is -0.0872. The van der Waals surface area contributed by atoms with Crippen LogP contribution in [-0.4, -0.2) is 19.3 Å². The average Bonchev–Trinajstić information content (AvgIpc) is 3.36. The predicted molar refractivity (Wildman–Crippen MR) is 135 cm³/mol. The Balaban J connectivity index is 1.66. The summed E-state index contributed by atoms with van der Waals surface area (Å²) in [6.45, 7) is 10.3. The van der Waals surface area contributed by atoms with Crippen molar-refractivity contribution >= 4 is 11.0 Å². The lowest BCUT2D eigenvalue weighted by Gasteiger charge is -2.12. The maximum atomic E-state index is 13.2. The maximum absolute atomic E-state index is 13.2. The quantitative estimate of drug-likeness (QED) is 0.344. The van der Waals surface area contributed by atoms with Gasteiger partial charge in [0, 0.05) is 17.0 Å². The van der Waals surface area contributed by atoms with Gasteiger partial charge in [-0.1, -0.05) is 36.8 Å². The molecule has 0 saturated carbocycles. The molecule has 34 heavy (non-hydrogen) atoms. The molecule has 0 N–H and O–H groups in total. The van der Waals surface area contributed by atoms with Crippen LogP contribution in [0.5, 0.6) is 0 Å². The fourth-order valence-electron chi connectivity index (χ4n) is 4.50. The normalized spacial score (nSPS) is 11.4. The lowest BCUT2D eigenvalue weighted by atomic mass is 10.1. The molecule has 0 aliphatic heterocycles. The number of nitrogens with zero attached hydrogens (tertiary/aromatic N) is 4. The first-order valence-corrected chi connectivity index (χ1v) is 11.6. The molecule has 0 aliphatic carbocycles. The second-order valence-corrected chi connectivity index (χ2v) is 8.86. The summed E-state index contributed by atoms with van der Waals surface area (Å²) in [5, 5.41) is 5.80. The van der Waals surface area contributed by atoms with Crippen LogP contribution in [0, 0.1) is 27.7 Å². The number of hydrogen-bond acceptors (Lipinski definition) is 4. The third-order valence-electron chi connectivity index (χ3n) is 6.35. The van der Waals surface area contributed by atoms with Crippen molar-refractivity contribution in [2.75, 3.05) is 0 Å². The van der Waals surface area contributed by atoms with E-state index in [1.54, 1.807) is 10.6 Å². The van der Waals surface area contributed by atoms with Crippen LogP contribution in [0.15, 0.2) is 63.8 Å². The average molecular weight is 453 g/mol. The van der Waals surface area contributed by atoms with E-state index in [-0.39, 0.29) is 5.56 Å². The first kappa shape index (κ1) is 21.9. The van der Waals surface area contributed by atoms with Crippen LogP contribution in [0.25, 0.3) is 28.2 Å². The van der Waals surface area contributed by atoms with Crippen LogP contribution in [0.3, 0.4) is 0 Å². The molecule has 5 rings (SSSR count). The minimum Gasteiger partial charge on any atom is -0.441 e. The largest absolute Gasteiger partial charge is 0.441 e. The van der Waals surface area contributed by atoms with Gasteiger partial charge >= 0.3 is 0 Å². The Hall–Kier alpha value is -3.93. The molecule has 0 atom stereocenters. The van der Waals surface area contributed by atoms with Gasteiger partial charge in [0.2, 0.25) is 5.89 Å². The Morgan fingerprint density at radius 2 is 1.74 bits per heavy atom. The van der Waals surface area contributed by atoms with E-state index in [1.165, 1.54) is 5.56 Å². The van der Waals surface area contributed by atoms with Gasteiger partial charge in [0.15, 0.2) is 0 Å². The summed E-state index contributed by atoms with van der Waals surface area (Å²) < 4.78 is 9.62. The lowest BCUT2D eigenvalue weighted by Crippen LogP contribution is -2.23. The Kier molecular flexibility index (Phi) is 5.44. The molecule has 3 aromatic heterocycles. The van der Waals surface area contributed by atoms with E-state index in [2.05, 4.69) is 31.2 Å².